The standard InChI is InChI=1S/C24H20ClN7O2S2/c1-3-31-18(26)15(11-16-20(31)27-19-13(2)7-6-10-32(19)22(16)34)21(33)28-23-29-30-24(36-23)35-12-14-8-4-5-9-17(14)25/h4-11,26H,3,12H2,1-2H3,(H,28,29,33). The average molecular weight is 538 g/mol. The summed E-state index contributed by atoms with van der Waals surface area (Å²) in [6.45, 7) is 4.08. The van der Waals surface area contributed by atoms with Crippen LogP contribution in [0.25, 0.3) is 16.7 Å². The van der Waals surface area contributed by atoms with Gasteiger partial charge in [-0.1, -0.05) is 59.0 Å². The van der Waals surface area contributed by atoms with Crippen molar-refractivity contribution in [3.8, 4) is 0 Å². The van der Waals surface area contributed by atoms with Crippen molar-refractivity contribution in [3.05, 3.63) is 86.2 Å². The molecule has 0 saturated heterocycles. The van der Waals surface area contributed by atoms with Crippen LogP contribution in [0.5, 0.6) is 0 Å². The molecule has 5 rings (SSSR count). The van der Waals surface area contributed by atoms with Crippen molar-refractivity contribution >= 4 is 62.4 Å². The molecule has 12 heteroatoms. The zero-order valence-electron chi connectivity index (χ0n) is 19.3. The van der Waals surface area contributed by atoms with Crippen molar-refractivity contribution in [3.63, 3.8) is 0 Å². The molecule has 0 aliphatic heterocycles. The number of amides is 1. The SMILES string of the molecule is CCn1c(=N)c(C(=O)Nc2nnc(SCc3ccccc3Cl)s2)cc2c(=O)n3cccc(C)c3nc21. The van der Waals surface area contributed by atoms with Crippen molar-refractivity contribution < 1.29 is 4.79 Å². The van der Waals surface area contributed by atoms with E-state index in [9.17, 15) is 9.59 Å². The van der Waals surface area contributed by atoms with Crippen molar-refractivity contribution in [1.82, 2.24) is 24.1 Å². The molecule has 36 heavy (non-hydrogen) atoms. The number of nitrogens with zero attached hydrogens (tertiary/aromatic N) is 5. The number of pyridine rings is 2. The van der Waals surface area contributed by atoms with Gasteiger partial charge >= 0.3 is 0 Å². The van der Waals surface area contributed by atoms with E-state index in [4.69, 9.17) is 17.0 Å². The minimum atomic E-state index is -0.545. The fourth-order valence-corrected chi connectivity index (χ4v) is 5.85. The number of anilines is 1. The van der Waals surface area contributed by atoms with Crippen molar-refractivity contribution in [2.75, 3.05) is 5.32 Å². The van der Waals surface area contributed by atoms with Gasteiger partial charge in [0, 0.05) is 23.5 Å². The Bertz CT molecular complexity index is 1760. The number of thioether (sulfide) groups is 1. The van der Waals surface area contributed by atoms with Crippen LogP contribution in [0.4, 0.5) is 5.13 Å². The maximum Gasteiger partial charge on any atom is 0.267 e. The van der Waals surface area contributed by atoms with E-state index in [0.717, 1.165) is 11.1 Å². The number of rotatable bonds is 6. The minimum Gasteiger partial charge on any atom is -0.310 e. The number of carbonyl (C=O) groups is 1. The minimum absolute atomic E-state index is 0.0369. The first-order chi connectivity index (χ1) is 17.4. The predicted octanol–water partition coefficient (Wildman–Crippen LogP) is 4.51. The Morgan fingerprint density at radius 3 is 2.78 bits per heavy atom. The molecule has 182 valence electrons. The van der Waals surface area contributed by atoms with E-state index in [2.05, 4.69) is 20.5 Å². The fourth-order valence-electron chi connectivity index (χ4n) is 3.82. The highest BCUT2D eigenvalue weighted by molar-refractivity contribution is 8.00. The van der Waals surface area contributed by atoms with Crippen LogP contribution in [-0.4, -0.2) is 30.1 Å². The number of hydrogen-bond donors (Lipinski definition) is 2. The highest BCUT2D eigenvalue weighted by atomic mass is 35.5. The second kappa shape index (κ2) is 9.84. The molecule has 9 nitrogen and oxygen atoms in total. The van der Waals surface area contributed by atoms with Crippen LogP contribution in [0.1, 0.15) is 28.4 Å². The van der Waals surface area contributed by atoms with E-state index in [1.807, 2.05) is 44.2 Å². The third-order valence-electron chi connectivity index (χ3n) is 5.63. The van der Waals surface area contributed by atoms with E-state index in [-0.39, 0.29) is 22.0 Å². The summed E-state index contributed by atoms with van der Waals surface area (Å²) in [4.78, 5) is 31.1. The molecule has 0 aliphatic rings. The number of fused-ring (bicyclic) bond motifs is 2. The topological polar surface area (TPSA) is 118 Å². The summed E-state index contributed by atoms with van der Waals surface area (Å²) in [6, 6.07) is 12.6. The summed E-state index contributed by atoms with van der Waals surface area (Å²) in [5.41, 5.74) is 2.42. The summed E-state index contributed by atoms with van der Waals surface area (Å²) < 4.78 is 3.68. The lowest BCUT2D eigenvalue weighted by Crippen LogP contribution is -2.31. The Hall–Kier alpha value is -3.54. The molecule has 2 N–H and O–H groups in total. The third kappa shape index (κ3) is 4.41. The Labute approximate surface area is 218 Å². The van der Waals surface area contributed by atoms with Crippen molar-refractivity contribution in [2.45, 2.75) is 30.5 Å². The van der Waals surface area contributed by atoms with Crippen LogP contribution in [0.15, 0.2) is 57.8 Å². The van der Waals surface area contributed by atoms with Crippen LogP contribution < -0.4 is 16.4 Å². The second-order valence-electron chi connectivity index (χ2n) is 7.90. The zero-order valence-corrected chi connectivity index (χ0v) is 21.7. The molecular weight excluding hydrogens is 518 g/mol. The smallest absolute Gasteiger partial charge is 0.267 e. The van der Waals surface area contributed by atoms with Crippen LogP contribution in [0.3, 0.4) is 0 Å². The molecule has 1 amide bonds. The summed E-state index contributed by atoms with van der Waals surface area (Å²) >= 11 is 8.90. The highest BCUT2D eigenvalue weighted by Gasteiger charge is 2.19. The van der Waals surface area contributed by atoms with Crippen LogP contribution in [0, 0.1) is 12.3 Å². The Kier molecular flexibility index (Phi) is 6.61. The molecule has 1 aromatic carbocycles. The molecule has 0 spiro atoms. The van der Waals surface area contributed by atoms with Gasteiger partial charge in [-0.05, 0) is 43.2 Å². The summed E-state index contributed by atoms with van der Waals surface area (Å²) in [5, 5.41) is 20.8. The van der Waals surface area contributed by atoms with Crippen LogP contribution in [-0.2, 0) is 12.3 Å². The number of nitrogens with one attached hydrogen (secondary N) is 2. The Morgan fingerprint density at radius 1 is 1.19 bits per heavy atom. The van der Waals surface area contributed by atoms with E-state index < -0.39 is 5.91 Å². The largest absolute Gasteiger partial charge is 0.310 e. The highest BCUT2D eigenvalue weighted by Crippen LogP contribution is 2.30. The molecule has 0 aliphatic carbocycles. The van der Waals surface area contributed by atoms with Crippen molar-refractivity contribution in [2.24, 2.45) is 0 Å². The predicted molar refractivity (Wildman–Crippen MR) is 142 cm³/mol. The Balaban J connectivity index is 1.46. The van der Waals surface area contributed by atoms with Crippen LogP contribution >= 0.6 is 34.7 Å². The first kappa shape index (κ1) is 24.2. The van der Waals surface area contributed by atoms with E-state index in [0.29, 0.717) is 38.1 Å². The van der Waals surface area contributed by atoms with Gasteiger partial charge in [0.15, 0.2) is 4.34 Å². The lowest BCUT2D eigenvalue weighted by molar-refractivity contribution is 0.102. The number of carbonyl (C=O) groups excluding carboxylic acids is 1. The maximum atomic E-state index is 13.3. The molecule has 0 fully saturated rings. The second-order valence-corrected chi connectivity index (χ2v) is 10.5. The van der Waals surface area contributed by atoms with Gasteiger partial charge in [0.25, 0.3) is 11.5 Å². The number of aryl methyl sites for hydroxylation is 2. The van der Waals surface area contributed by atoms with Gasteiger partial charge < -0.3 is 4.57 Å². The Morgan fingerprint density at radius 2 is 2.00 bits per heavy atom. The molecule has 5 aromatic rings. The van der Waals surface area contributed by atoms with Gasteiger partial charge in [0.05, 0.1) is 10.9 Å². The lowest BCUT2D eigenvalue weighted by Gasteiger charge is -2.13. The summed E-state index contributed by atoms with van der Waals surface area (Å²) in [6.07, 6.45) is 1.64. The molecule has 0 bridgehead atoms. The average Bonchev–Trinajstić information content (AvgIpc) is 3.31. The van der Waals surface area contributed by atoms with Gasteiger partial charge in [-0.25, -0.2) is 4.98 Å². The van der Waals surface area contributed by atoms with Gasteiger partial charge in [0.2, 0.25) is 5.13 Å². The molecule has 0 saturated carbocycles. The lowest BCUT2D eigenvalue weighted by atomic mass is 10.2. The monoisotopic (exact) mass is 537 g/mol. The zero-order chi connectivity index (χ0) is 25.4. The number of aromatic nitrogens is 5. The molecule has 4 heterocycles. The molecular formula is C24H20ClN7O2S2. The van der Waals surface area contributed by atoms with E-state index >= 15 is 0 Å². The maximum absolute atomic E-state index is 13.3. The quantitative estimate of drug-likeness (QED) is 0.187. The fraction of sp³-hybridized carbons (Fsp3) is 0.167. The number of benzene rings is 1. The molecule has 0 unspecified atom stereocenters. The van der Waals surface area contributed by atoms with E-state index in [1.165, 1.54) is 33.6 Å². The van der Waals surface area contributed by atoms with Crippen molar-refractivity contribution in [1.29, 1.82) is 5.41 Å². The van der Waals surface area contributed by atoms with E-state index in [1.54, 1.807) is 16.8 Å². The van der Waals surface area contributed by atoms with Gasteiger partial charge in [-0.15, -0.1) is 10.2 Å². The number of halogens is 1. The van der Waals surface area contributed by atoms with Gasteiger partial charge in [0.1, 0.15) is 16.8 Å². The van der Waals surface area contributed by atoms with Gasteiger partial charge in [-0.3, -0.25) is 24.7 Å². The number of hydrogen-bond acceptors (Lipinski definition) is 8. The van der Waals surface area contributed by atoms with Crippen LogP contribution in [0.2, 0.25) is 5.02 Å². The summed E-state index contributed by atoms with van der Waals surface area (Å²) in [7, 11) is 0. The first-order valence-corrected chi connectivity index (χ1v) is 13.2. The molecule has 0 radical (unpaired) electrons. The summed E-state index contributed by atoms with van der Waals surface area (Å²) in [5.74, 6) is 0.0710. The molecule has 4 aromatic heterocycles. The van der Waals surface area contributed by atoms with Gasteiger partial charge in [-0.2, -0.15) is 0 Å². The molecule has 0 atom stereocenters. The normalized spacial score (nSPS) is 11.3. The first-order valence-electron chi connectivity index (χ1n) is 11.0. The third-order valence-corrected chi connectivity index (χ3v) is 8.02.